The maximum atomic E-state index is 13.7. The molecule has 0 spiro atoms. The van der Waals surface area contributed by atoms with Gasteiger partial charge in [0.2, 0.25) is 0 Å². The van der Waals surface area contributed by atoms with Crippen LogP contribution in [0.5, 0.6) is 17.2 Å². The zero-order valence-corrected chi connectivity index (χ0v) is 23.2. The van der Waals surface area contributed by atoms with Crippen LogP contribution in [-0.2, 0) is 22.0 Å². The van der Waals surface area contributed by atoms with Crippen LogP contribution >= 0.6 is 11.9 Å². The van der Waals surface area contributed by atoms with Crippen LogP contribution in [-0.4, -0.2) is 54.0 Å². The third-order valence-electron chi connectivity index (χ3n) is 6.21. The average molecular weight is 547 g/mol. The highest BCUT2D eigenvalue weighted by molar-refractivity contribution is 7.98. The number of rotatable bonds is 10. The number of hydrogen-bond donors (Lipinski definition) is 2. The van der Waals surface area contributed by atoms with Gasteiger partial charge in [-0.05, 0) is 77.3 Å². The van der Waals surface area contributed by atoms with Crippen molar-refractivity contribution < 1.29 is 28.9 Å². The number of nitrogens with one attached hydrogen (secondary N) is 1. The molecule has 1 heterocycles. The smallest absolute Gasteiger partial charge is 0.335 e. The van der Waals surface area contributed by atoms with Crippen molar-refractivity contribution in [1.82, 2.24) is 4.72 Å². The van der Waals surface area contributed by atoms with E-state index in [4.69, 9.17) is 45.6 Å². The molecule has 3 aromatic rings. The van der Waals surface area contributed by atoms with Gasteiger partial charge < -0.3 is 19.3 Å². The topological polar surface area (TPSA) is 94.1 Å². The quantitative estimate of drug-likeness (QED) is 0.296. The second-order valence-corrected chi connectivity index (χ2v) is 11.0. The van der Waals surface area contributed by atoms with E-state index in [0.29, 0.717) is 18.4 Å². The minimum atomic E-state index is -2.08. The van der Waals surface area contributed by atoms with Crippen LogP contribution in [0.1, 0.15) is 54.2 Å². The van der Waals surface area contributed by atoms with Crippen molar-refractivity contribution in [1.29, 1.82) is 0 Å². The number of carbonyl (C=O) groups is 2. The summed E-state index contributed by atoms with van der Waals surface area (Å²) in [6.07, 6.45) is 1.20. The van der Waals surface area contributed by atoms with Crippen LogP contribution in [0.4, 0.5) is 0 Å². The molecule has 1 amide bonds. The molecule has 1 atom stereocenters. The van der Waals surface area contributed by atoms with Crippen molar-refractivity contribution in [3.05, 3.63) is 82.9 Å². The molecule has 7 nitrogen and oxygen atoms in total. The molecule has 0 saturated carbocycles. The second-order valence-electron chi connectivity index (χ2n) is 10.1. The van der Waals surface area contributed by atoms with Crippen molar-refractivity contribution in [2.75, 3.05) is 0 Å². The summed E-state index contributed by atoms with van der Waals surface area (Å²) in [7, 11) is 24.4. The Morgan fingerprint density at radius 2 is 1.62 bits per heavy atom. The maximum absolute atomic E-state index is 13.7. The summed E-state index contributed by atoms with van der Waals surface area (Å²) < 4.78 is 19.8. The third kappa shape index (κ3) is 6.49. The third-order valence-corrected chi connectivity index (χ3v) is 7.00. The number of benzene rings is 3. The summed E-state index contributed by atoms with van der Waals surface area (Å²) in [6.45, 7) is 5.74. The fraction of sp³-hybridized carbons (Fsp3) is 0.286. The van der Waals surface area contributed by atoms with E-state index in [0.717, 1.165) is 22.4 Å². The monoisotopic (exact) mass is 547 g/mol. The number of aromatic carboxylic acids is 1. The molecule has 2 N–H and O–H groups in total. The molecule has 1 unspecified atom stereocenters. The van der Waals surface area contributed by atoms with Gasteiger partial charge >= 0.3 is 5.97 Å². The molecule has 0 bridgehead atoms. The minimum absolute atomic E-state index is 0.0906. The van der Waals surface area contributed by atoms with E-state index < -0.39 is 28.3 Å². The van der Waals surface area contributed by atoms with Crippen LogP contribution in [0.3, 0.4) is 0 Å². The standard InChI is InChI=1S/C28H25B4NO6S/c1-4-5-16-14-17(24(34)35)6-12-21(16)37-27(30,19-9-13-22-23(15-19)39-28(31,32)38-22)25(36)33-40-20-10-7-18(8-11-20)26(2,3)29/h6-15H,4-5H2,1-3H3,(H,33,36)(H,34,35). The Labute approximate surface area is 243 Å². The Kier molecular flexibility index (Phi) is 8.31. The summed E-state index contributed by atoms with van der Waals surface area (Å²) in [5.74, 6) is -1.06. The lowest BCUT2D eigenvalue weighted by Crippen LogP contribution is -2.47. The molecule has 0 aromatic heterocycles. The van der Waals surface area contributed by atoms with Crippen LogP contribution in [0.2, 0.25) is 0 Å². The van der Waals surface area contributed by atoms with Gasteiger partial charge in [0.25, 0.3) is 5.91 Å². The fourth-order valence-electron chi connectivity index (χ4n) is 4.09. The molecule has 40 heavy (non-hydrogen) atoms. The van der Waals surface area contributed by atoms with E-state index in [1.54, 1.807) is 0 Å². The SMILES string of the molecule is [B]C1([B])Oc2ccc(C([B])(Oc3ccc(C(=O)O)cc3CCC)C(=O)NSc3ccc(C([B])(C)C)cc3)cc2O1. The van der Waals surface area contributed by atoms with Gasteiger partial charge in [-0.15, -0.1) is 0 Å². The number of ether oxygens (including phenoxy) is 3. The zero-order chi connectivity index (χ0) is 29.3. The molecular weight excluding hydrogens is 522 g/mol. The second kappa shape index (κ2) is 11.2. The summed E-state index contributed by atoms with van der Waals surface area (Å²) in [5, 5.41) is 8.94. The molecule has 0 saturated heterocycles. The summed E-state index contributed by atoms with van der Waals surface area (Å²) in [6, 6.07) is 16.3. The van der Waals surface area contributed by atoms with E-state index >= 15 is 0 Å². The number of carboxylic acid groups (broad SMARTS) is 1. The number of hydrogen-bond acceptors (Lipinski definition) is 6. The number of carbonyl (C=O) groups excluding carboxylic acids is 1. The van der Waals surface area contributed by atoms with Gasteiger partial charge in [-0.3, -0.25) is 9.52 Å². The van der Waals surface area contributed by atoms with E-state index in [2.05, 4.69) is 4.72 Å². The molecule has 0 fully saturated rings. The predicted octanol–water partition coefficient (Wildman–Crippen LogP) is 3.68. The van der Waals surface area contributed by atoms with E-state index in [-0.39, 0.29) is 28.4 Å². The molecule has 0 aliphatic carbocycles. The number of fused-ring (bicyclic) bond motifs is 1. The predicted molar refractivity (Wildman–Crippen MR) is 157 cm³/mol. The fourth-order valence-corrected chi connectivity index (χ4v) is 4.72. The maximum Gasteiger partial charge on any atom is 0.335 e. The van der Waals surface area contributed by atoms with Gasteiger partial charge in [0.1, 0.15) is 5.75 Å². The van der Waals surface area contributed by atoms with Gasteiger partial charge in [0.15, 0.2) is 46.1 Å². The van der Waals surface area contributed by atoms with Crippen molar-refractivity contribution in [2.45, 2.75) is 54.9 Å². The summed E-state index contributed by atoms with van der Waals surface area (Å²) >= 11 is 1.05. The van der Waals surface area contributed by atoms with Crippen LogP contribution < -0.4 is 18.9 Å². The Balaban J connectivity index is 1.68. The number of aryl methyl sites for hydroxylation is 1. The van der Waals surface area contributed by atoms with E-state index in [1.807, 2.05) is 45.0 Å². The Hall–Kier alpha value is -3.39. The van der Waals surface area contributed by atoms with E-state index in [9.17, 15) is 14.7 Å². The van der Waals surface area contributed by atoms with Crippen molar-refractivity contribution in [3.63, 3.8) is 0 Å². The molecule has 1 aliphatic rings. The Morgan fingerprint density at radius 1 is 0.975 bits per heavy atom. The normalized spacial score (nSPS) is 15.2. The Bertz CT molecular complexity index is 1430. The van der Waals surface area contributed by atoms with Crippen LogP contribution in [0, 0.1) is 0 Å². The largest absolute Gasteiger partial charge is 0.483 e. The molecule has 3 aromatic carbocycles. The highest BCUT2D eigenvalue weighted by Gasteiger charge is 2.40. The van der Waals surface area contributed by atoms with Crippen LogP contribution in [0.15, 0.2) is 65.6 Å². The first-order valence-electron chi connectivity index (χ1n) is 12.5. The van der Waals surface area contributed by atoms with Crippen LogP contribution in [0.25, 0.3) is 0 Å². The molecule has 196 valence electrons. The molecule has 4 rings (SSSR count). The highest BCUT2D eigenvalue weighted by atomic mass is 32.2. The number of carboxylic acids is 1. The minimum Gasteiger partial charge on any atom is -0.483 e. The van der Waals surface area contributed by atoms with Gasteiger partial charge in [-0.2, -0.15) is 0 Å². The first kappa shape index (κ1) is 29.6. The van der Waals surface area contributed by atoms with Crippen molar-refractivity contribution >= 4 is 55.2 Å². The molecule has 1 aliphatic heterocycles. The lowest BCUT2D eigenvalue weighted by Gasteiger charge is -2.32. The first-order valence-corrected chi connectivity index (χ1v) is 13.3. The summed E-state index contributed by atoms with van der Waals surface area (Å²) in [5.41, 5.74) is -2.12. The first-order chi connectivity index (χ1) is 18.7. The lowest BCUT2D eigenvalue weighted by atomic mass is 9.67. The molecule has 12 heteroatoms. The van der Waals surface area contributed by atoms with Gasteiger partial charge in [0, 0.05) is 4.90 Å². The van der Waals surface area contributed by atoms with Gasteiger partial charge in [0.05, 0.1) is 13.4 Å². The number of amides is 1. The molecule has 8 radical (unpaired) electrons. The summed E-state index contributed by atoms with van der Waals surface area (Å²) in [4.78, 5) is 26.0. The van der Waals surface area contributed by atoms with Crippen molar-refractivity contribution in [3.8, 4) is 17.2 Å². The van der Waals surface area contributed by atoms with Gasteiger partial charge in [-0.25, -0.2) is 4.79 Å². The van der Waals surface area contributed by atoms with Crippen molar-refractivity contribution in [2.24, 2.45) is 0 Å². The average Bonchev–Trinajstić information content (AvgIpc) is 3.20. The lowest BCUT2D eigenvalue weighted by molar-refractivity contribution is -0.129. The van der Waals surface area contributed by atoms with Gasteiger partial charge in [-0.1, -0.05) is 51.0 Å². The molecular formula is C28H25B4NO6S. The van der Waals surface area contributed by atoms with E-state index in [1.165, 1.54) is 36.4 Å². The Morgan fingerprint density at radius 3 is 2.25 bits per heavy atom. The zero-order valence-electron chi connectivity index (χ0n) is 22.4. The highest BCUT2D eigenvalue weighted by Crippen LogP contribution is 2.41.